The monoisotopic (exact) mass is 296 g/mol. The zero-order valence-electron chi connectivity index (χ0n) is 11.8. The molecule has 1 unspecified atom stereocenters. The lowest BCUT2D eigenvalue weighted by Gasteiger charge is -2.35. The molecule has 1 aliphatic heterocycles. The third-order valence-corrected chi connectivity index (χ3v) is 5.18. The van der Waals surface area contributed by atoms with E-state index in [1.807, 2.05) is 29.5 Å². The van der Waals surface area contributed by atoms with Crippen LogP contribution in [0.15, 0.2) is 36.0 Å². The summed E-state index contributed by atoms with van der Waals surface area (Å²) in [5.41, 5.74) is 9.05. The van der Waals surface area contributed by atoms with Gasteiger partial charge in [-0.2, -0.15) is 0 Å². The van der Waals surface area contributed by atoms with Crippen LogP contribution in [0.25, 0.3) is 10.9 Å². The average molecular weight is 296 g/mol. The predicted molar refractivity (Wildman–Crippen MR) is 87.7 cm³/mol. The number of thiophene rings is 1. The number of rotatable bonds is 1. The Labute approximate surface area is 127 Å². The summed E-state index contributed by atoms with van der Waals surface area (Å²) in [6.45, 7) is 3.22. The van der Waals surface area contributed by atoms with Gasteiger partial charge in [0.15, 0.2) is 0 Å². The van der Waals surface area contributed by atoms with Crippen molar-refractivity contribution in [2.75, 3.05) is 17.2 Å². The van der Waals surface area contributed by atoms with Crippen LogP contribution < -0.4 is 10.6 Å². The van der Waals surface area contributed by atoms with Gasteiger partial charge in [-0.15, -0.1) is 11.3 Å². The molecule has 4 rings (SSSR count). The van der Waals surface area contributed by atoms with Gasteiger partial charge in [0.25, 0.3) is 0 Å². The van der Waals surface area contributed by atoms with Gasteiger partial charge in [0.05, 0.1) is 11.6 Å². The maximum absolute atomic E-state index is 5.94. The highest BCUT2D eigenvalue weighted by atomic mass is 32.1. The maximum atomic E-state index is 5.94. The number of nitrogens with zero attached hydrogens (tertiary/aromatic N) is 3. The van der Waals surface area contributed by atoms with Crippen LogP contribution in [0.5, 0.6) is 0 Å². The Morgan fingerprint density at radius 1 is 1.29 bits per heavy atom. The maximum Gasteiger partial charge on any atom is 0.140 e. The molecule has 0 spiro atoms. The van der Waals surface area contributed by atoms with Crippen LogP contribution in [0.4, 0.5) is 11.5 Å². The zero-order valence-corrected chi connectivity index (χ0v) is 12.6. The first-order valence-electron chi connectivity index (χ1n) is 7.07. The lowest BCUT2D eigenvalue weighted by molar-refractivity contribution is 0.627. The highest BCUT2D eigenvalue weighted by Crippen LogP contribution is 2.37. The molecule has 2 aromatic heterocycles. The highest BCUT2D eigenvalue weighted by Gasteiger charge is 2.26. The van der Waals surface area contributed by atoms with Gasteiger partial charge in [0.1, 0.15) is 12.1 Å². The van der Waals surface area contributed by atoms with Crippen molar-refractivity contribution >= 4 is 33.7 Å². The molecule has 106 valence electrons. The van der Waals surface area contributed by atoms with Gasteiger partial charge < -0.3 is 10.6 Å². The predicted octanol–water partition coefficient (Wildman–Crippen LogP) is 3.40. The Morgan fingerprint density at radius 3 is 3.10 bits per heavy atom. The van der Waals surface area contributed by atoms with Crippen molar-refractivity contribution in [2.24, 2.45) is 0 Å². The Kier molecular flexibility index (Phi) is 2.82. The Balaban J connectivity index is 1.86. The van der Waals surface area contributed by atoms with E-state index in [1.165, 1.54) is 10.4 Å². The number of benzene rings is 1. The van der Waals surface area contributed by atoms with Crippen molar-refractivity contribution in [3.8, 4) is 0 Å². The molecule has 1 aliphatic rings. The number of fused-ring (bicyclic) bond motifs is 2. The number of hydrogen-bond acceptors (Lipinski definition) is 5. The summed E-state index contributed by atoms with van der Waals surface area (Å²) < 4.78 is 0. The first-order chi connectivity index (χ1) is 10.2. The number of hydrogen-bond donors (Lipinski definition) is 1. The molecule has 0 saturated carbocycles. The van der Waals surface area contributed by atoms with E-state index in [0.717, 1.165) is 35.4 Å². The fraction of sp³-hybridized carbons (Fsp3) is 0.250. The summed E-state index contributed by atoms with van der Waals surface area (Å²) in [7, 11) is 0. The van der Waals surface area contributed by atoms with Gasteiger partial charge in [-0.05, 0) is 48.6 Å². The third-order valence-electron chi connectivity index (χ3n) is 4.19. The third kappa shape index (κ3) is 1.96. The van der Waals surface area contributed by atoms with Gasteiger partial charge in [0, 0.05) is 22.5 Å². The first kappa shape index (κ1) is 12.6. The molecule has 5 heteroatoms. The Bertz CT molecular complexity index is 811. The average Bonchev–Trinajstić information content (AvgIpc) is 2.97. The Morgan fingerprint density at radius 2 is 2.19 bits per heavy atom. The van der Waals surface area contributed by atoms with E-state index in [4.69, 9.17) is 5.73 Å². The van der Waals surface area contributed by atoms with Crippen LogP contribution in [-0.4, -0.2) is 16.5 Å². The second kappa shape index (κ2) is 4.70. The molecule has 0 radical (unpaired) electrons. The van der Waals surface area contributed by atoms with Gasteiger partial charge in [-0.1, -0.05) is 0 Å². The molecule has 4 nitrogen and oxygen atoms in total. The van der Waals surface area contributed by atoms with Gasteiger partial charge >= 0.3 is 0 Å². The van der Waals surface area contributed by atoms with E-state index in [1.54, 1.807) is 6.33 Å². The molecule has 0 amide bonds. The molecule has 0 fully saturated rings. The molecule has 21 heavy (non-hydrogen) atoms. The van der Waals surface area contributed by atoms with Crippen molar-refractivity contribution in [3.63, 3.8) is 0 Å². The van der Waals surface area contributed by atoms with Crippen LogP contribution >= 0.6 is 11.3 Å². The van der Waals surface area contributed by atoms with Crippen LogP contribution in [0.3, 0.4) is 0 Å². The normalized spacial score (nSPS) is 18.0. The molecular weight excluding hydrogens is 280 g/mol. The molecule has 0 saturated heterocycles. The summed E-state index contributed by atoms with van der Waals surface area (Å²) in [5, 5.41) is 3.21. The zero-order chi connectivity index (χ0) is 14.4. The standard InChI is InChI=1S/C16H16N4S/c1-10-12-5-7-21-15(12)4-6-20(10)16-13-8-11(17)2-3-14(13)18-9-19-16/h2-3,5,7-10H,4,6,17H2,1H3. The summed E-state index contributed by atoms with van der Waals surface area (Å²) >= 11 is 1.85. The summed E-state index contributed by atoms with van der Waals surface area (Å²) in [5.74, 6) is 0.983. The Hall–Kier alpha value is -2.14. The lowest BCUT2D eigenvalue weighted by atomic mass is 10.0. The van der Waals surface area contributed by atoms with Crippen LogP contribution in [0.1, 0.15) is 23.4 Å². The molecule has 1 atom stereocenters. The molecule has 0 aliphatic carbocycles. The molecule has 1 aromatic carbocycles. The van der Waals surface area contributed by atoms with Crippen LogP contribution in [0, 0.1) is 0 Å². The van der Waals surface area contributed by atoms with Crippen molar-refractivity contribution < 1.29 is 0 Å². The van der Waals surface area contributed by atoms with Gasteiger partial charge in [0.2, 0.25) is 0 Å². The minimum absolute atomic E-state index is 0.333. The topological polar surface area (TPSA) is 55.0 Å². The quantitative estimate of drug-likeness (QED) is 0.699. The number of aromatic nitrogens is 2. The number of anilines is 2. The smallest absolute Gasteiger partial charge is 0.140 e. The molecule has 2 N–H and O–H groups in total. The minimum Gasteiger partial charge on any atom is -0.399 e. The van der Waals surface area contributed by atoms with Crippen molar-refractivity contribution in [3.05, 3.63) is 46.4 Å². The molecule has 3 aromatic rings. The van der Waals surface area contributed by atoms with Crippen molar-refractivity contribution in [2.45, 2.75) is 19.4 Å². The van der Waals surface area contributed by atoms with E-state index in [2.05, 4.69) is 33.2 Å². The number of nitrogens with two attached hydrogens (primary N) is 1. The van der Waals surface area contributed by atoms with Gasteiger partial charge in [-0.25, -0.2) is 9.97 Å². The highest BCUT2D eigenvalue weighted by molar-refractivity contribution is 7.10. The first-order valence-corrected chi connectivity index (χ1v) is 7.95. The van der Waals surface area contributed by atoms with Crippen molar-refractivity contribution in [1.82, 2.24) is 9.97 Å². The summed E-state index contributed by atoms with van der Waals surface area (Å²) in [4.78, 5) is 12.7. The van der Waals surface area contributed by atoms with Crippen molar-refractivity contribution in [1.29, 1.82) is 0 Å². The summed E-state index contributed by atoms with van der Waals surface area (Å²) in [6.07, 6.45) is 2.72. The fourth-order valence-corrected chi connectivity index (χ4v) is 4.05. The van der Waals surface area contributed by atoms with Crippen LogP contribution in [0.2, 0.25) is 0 Å². The lowest BCUT2D eigenvalue weighted by Crippen LogP contribution is -2.33. The molecule has 0 bridgehead atoms. The summed E-state index contributed by atoms with van der Waals surface area (Å²) in [6, 6.07) is 8.38. The second-order valence-corrected chi connectivity index (χ2v) is 6.39. The van der Waals surface area contributed by atoms with Gasteiger partial charge in [-0.3, -0.25) is 0 Å². The van der Waals surface area contributed by atoms with Crippen LogP contribution in [-0.2, 0) is 6.42 Å². The van der Waals surface area contributed by atoms with E-state index in [-0.39, 0.29) is 0 Å². The fourth-order valence-electron chi connectivity index (χ4n) is 3.09. The second-order valence-electron chi connectivity index (χ2n) is 5.39. The van der Waals surface area contributed by atoms with E-state index in [9.17, 15) is 0 Å². The van der Waals surface area contributed by atoms with E-state index in [0.29, 0.717) is 6.04 Å². The number of nitrogen functional groups attached to an aromatic ring is 1. The van der Waals surface area contributed by atoms with E-state index < -0.39 is 0 Å². The van der Waals surface area contributed by atoms with E-state index >= 15 is 0 Å². The largest absolute Gasteiger partial charge is 0.399 e. The molecular formula is C16H16N4S. The molecule has 3 heterocycles. The SMILES string of the molecule is CC1c2ccsc2CCN1c1ncnc2ccc(N)cc12. The minimum atomic E-state index is 0.333.